The molecule has 1 heterocycles. The van der Waals surface area contributed by atoms with Crippen molar-refractivity contribution in [3.8, 4) is 5.75 Å². The Kier molecular flexibility index (Phi) is 2.74. The first kappa shape index (κ1) is 14.1. The highest BCUT2D eigenvalue weighted by molar-refractivity contribution is 6.20. The van der Waals surface area contributed by atoms with Crippen molar-refractivity contribution in [2.75, 3.05) is 7.11 Å². The van der Waals surface area contributed by atoms with Gasteiger partial charge in [-0.1, -0.05) is 25.5 Å². The van der Waals surface area contributed by atoms with E-state index in [0.717, 1.165) is 44.6 Å². The lowest BCUT2D eigenvalue weighted by Gasteiger charge is -2.32. The molecule has 23 heavy (non-hydrogen) atoms. The Morgan fingerprint density at radius 1 is 1.09 bits per heavy atom. The van der Waals surface area contributed by atoms with Crippen LogP contribution < -0.4 is 4.74 Å². The number of carbonyl (C=O) groups is 1. The van der Waals surface area contributed by atoms with Gasteiger partial charge in [0.25, 0.3) is 0 Å². The van der Waals surface area contributed by atoms with E-state index in [4.69, 9.17) is 4.74 Å². The fraction of sp³-hybridized carbons (Fsp3) is 0.250. The number of ketones is 1. The van der Waals surface area contributed by atoms with Crippen LogP contribution in [0.4, 0.5) is 0 Å². The van der Waals surface area contributed by atoms with Crippen molar-refractivity contribution in [2.45, 2.75) is 26.2 Å². The summed E-state index contributed by atoms with van der Waals surface area (Å²) < 4.78 is 5.35. The Balaban J connectivity index is 2.08. The van der Waals surface area contributed by atoms with Crippen LogP contribution in [0.5, 0.6) is 5.75 Å². The third kappa shape index (κ3) is 1.79. The number of benzene rings is 2. The van der Waals surface area contributed by atoms with Crippen LogP contribution in [-0.4, -0.2) is 17.9 Å². The van der Waals surface area contributed by atoms with Crippen LogP contribution in [0, 0.1) is 6.92 Å². The first-order valence-corrected chi connectivity index (χ1v) is 7.79. The van der Waals surface area contributed by atoms with E-state index in [0.29, 0.717) is 0 Å². The van der Waals surface area contributed by atoms with Crippen molar-refractivity contribution >= 4 is 16.7 Å². The topological polar surface area (TPSA) is 42.1 Å². The predicted octanol–water partition coefficient (Wildman–Crippen LogP) is 4.36. The van der Waals surface area contributed by atoms with Crippen LogP contribution in [0.3, 0.4) is 0 Å². The van der Waals surface area contributed by atoms with Crippen LogP contribution in [0.2, 0.25) is 0 Å². The normalized spacial score (nSPS) is 15.4. The highest BCUT2D eigenvalue weighted by Crippen LogP contribution is 2.44. The molecule has 0 saturated heterocycles. The van der Waals surface area contributed by atoms with Gasteiger partial charge in [0, 0.05) is 27.6 Å². The van der Waals surface area contributed by atoms with Gasteiger partial charge in [-0.3, -0.25) is 4.79 Å². The average Bonchev–Trinajstić information content (AvgIpc) is 2.92. The molecule has 0 aliphatic heterocycles. The van der Waals surface area contributed by atoms with Crippen LogP contribution >= 0.6 is 0 Å². The molecular formula is C20H19NO2. The molecular weight excluding hydrogens is 286 g/mol. The van der Waals surface area contributed by atoms with E-state index in [2.05, 4.69) is 44.0 Å². The second-order valence-electron chi connectivity index (χ2n) is 6.79. The molecule has 3 aromatic rings. The van der Waals surface area contributed by atoms with Crippen LogP contribution in [0.15, 0.2) is 36.4 Å². The Labute approximate surface area is 135 Å². The van der Waals surface area contributed by atoms with Crippen molar-refractivity contribution in [2.24, 2.45) is 0 Å². The Morgan fingerprint density at radius 2 is 1.87 bits per heavy atom. The van der Waals surface area contributed by atoms with Crippen molar-refractivity contribution in [1.29, 1.82) is 0 Å². The molecule has 1 N–H and O–H groups in total. The summed E-state index contributed by atoms with van der Waals surface area (Å²) in [6.07, 6.45) is 0. The summed E-state index contributed by atoms with van der Waals surface area (Å²) in [5.41, 5.74) is 5.48. The number of hydrogen-bond acceptors (Lipinski definition) is 2. The van der Waals surface area contributed by atoms with E-state index in [1.807, 2.05) is 18.2 Å². The zero-order valence-electron chi connectivity index (χ0n) is 13.8. The number of aromatic nitrogens is 1. The largest absolute Gasteiger partial charge is 0.497 e. The first-order chi connectivity index (χ1) is 10.9. The van der Waals surface area contributed by atoms with Gasteiger partial charge in [0.15, 0.2) is 5.78 Å². The molecule has 3 nitrogen and oxygen atoms in total. The zero-order valence-corrected chi connectivity index (χ0v) is 13.8. The molecule has 1 aliphatic carbocycles. The quantitative estimate of drug-likeness (QED) is 0.726. The molecule has 0 atom stereocenters. The van der Waals surface area contributed by atoms with E-state index in [1.165, 1.54) is 0 Å². The summed E-state index contributed by atoms with van der Waals surface area (Å²) in [4.78, 5) is 16.6. The summed E-state index contributed by atoms with van der Waals surface area (Å²) in [5, 5.41) is 1.01. The molecule has 0 saturated carbocycles. The molecule has 1 aromatic heterocycles. The SMILES string of the molecule is COc1ccc2c(c1)C(C)(C)c1[nH]c3ccc(C)cc3c1C2=O. The van der Waals surface area contributed by atoms with Gasteiger partial charge < -0.3 is 9.72 Å². The first-order valence-electron chi connectivity index (χ1n) is 7.79. The van der Waals surface area contributed by atoms with Gasteiger partial charge in [-0.25, -0.2) is 0 Å². The summed E-state index contributed by atoms with van der Waals surface area (Å²) in [6.45, 7) is 6.35. The van der Waals surface area contributed by atoms with Crippen LogP contribution in [-0.2, 0) is 5.41 Å². The molecule has 0 radical (unpaired) electrons. The van der Waals surface area contributed by atoms with E-state index in [9.17, 15) is 4.79 Å². The van der Waals surface area contributed by atoms with Gasteiger partial charge in [0.05, 0.1) is 12.7 Å². The average molecular weight is 305 g/mol. The molecule has 4 rings (SSSR count). The van der Waals surface area contributed by atoms with Crippen molar-refractivity contribution in [3.05, 3.63) is 64.3 Å². The number of fused-ring (bicyclic) bond motifs is 4. The molecule has 0 bridgehead atoms. The van der Waals surface area contributed by atoms with E-state index in [1.54, 1.807) is 7.11 Å². The van der Waals surface area contributed by atoms with E-state index < -0.39 is 0 Å². The minimum absolute atomic E-state index is 0.0915. The number of ether oxygens (including phenoxy) is 1. The Hall–Kier alpha value is -2.55. The van der Waals surface area contributed by atoms with Crippen LogP contribution in [0.1, 0.15) is 46.6 Å². The molecule has 116 valence electrons. The molecule has 0 amide bonds. The van der Waals surface area contributed by atoms with Gasteiger partial charge in [-0.15, -0.1) is 0 Å². The number of aryl methyl sites for hydroxylation is 1. The number of H-pyrrole nitrogens is 1. The zero-order chi connectivity index (χ0) is 16.4. The molecule has 3 heteroatoms. The maximum atomic E-state index is 13.1. The highest BCUT2D eigenvalue weighted by Gasteiger charge is 2.39. The standard InChI is InChI=1S/C20H19NO2/c1-11-5-8-16-14(9-11)17-18(22)13-7-6-12(23-4)10-15(13)20(2,3)19(17)21-16/h5-10,21H,1-4H3. The minimum Gasteiger partial charge on any atom is -0.497 e. The summed E-state index contributed by atoms with van der Waals surface area (Å²) in [7, 11) is 1.65. The third-order valence-electron chi connectivity index (χ3n) is 4.95. The maximum absolute atomic E-state index is 13.1. The fourth-order valence-corrected chi connectivity index (χ4v) is 3.65. The molecule has 1 aliphatic rings. The third-order valence-corrected chi connectivity index (χ3v) is 4.95. The van der Waals surface area contributed by atoms with E-state index in [-0.39, 0.29) is 11.2 Å². The molecule has 0 fully saturated rings. The summed E-state index contributed by atoms with van der Waals surface area (Å²) in [5.74, 6) is 0.869. The lowest BCUT2D eigenvalue weighted by molar-refractivity contribution is 0.103. The fourth-order valence-electron chi connectivity index (χ4n) is 3.65. The van der Waals surface area contributed by atoms with Gasteiger partial charge >= 0.3 is 0 Å². The maximum Gasteiger partial charge on any atom is 0.195 e. The van der Waals surface area contributed by atoms with Crippen molar-refractivity contribution in [1.82, 2.24) is 4.98 Å². The molecule has 2 aromatic carbocycles. The number of nitrogens with one attached hydrogen (secondary N) is 1. The number of carbonyl (C=O) groups excluding carboxylic acids is 1. The number of methoxy groups -OCH3 is 1. The minimum atomic E-state index is -0.278. The lowest BCUT2D eigenvalue weighted by Crippen LogP contribution is -2.30. The van der Waals surface area contributed by atoms with Crippen molar-refractivity contribution in [3.63, 3.8) is 0 Å². The summed E-state index contributed by atoms with van der Waals surface area (Å²) >= 11 is 0. The molecule has 0 unspecified atom stereocenters. The van der Waals surface area contributed by atoms with Crippen LogP contribution in [0.25, 0.3) is 10.9 Å². The van der Waals surface area contributed by atoms with Crippen molar-refractivity contribution < 1.29 is 9.53 Å². The Bertz CT molecular complexity index is 963. The highest BCUT2D eigenvalue weighted by atomic mass is 16.5. The number of hydrogen-bond donors (Lipinski definition) is 1. The second-order valence-corrected chi connectivity index (χ2v) is 6.79. The second kappa shape index (κ2) is 4.48. The molecule has 0 spiro atoms. The predicted molar refractivity (Wildman–Crippen MR) is 91.6 cm³/mol. The van der Waals surface area contributed by atoms with Gasteiger partial charge in [-0.05, 0) is 42.8 Å². The number of rotatable bonds is 1. The lowest BCUT2D eigenvalue weighted by atomic mass is 9.71. The number of aromatic amines is 1. The van der Waals surface area contributed by atoms with Gasteiger partial charge in [-0.2, -0.15) is 0 Å². The monoisotopic (exact) mass is 305 g/mol. The van der Waals surface area contributed by atoms with Gasteiger partial charge in [0.2, 0.25) is 0 Å². The van der Waals surface area contributed by atoms with E-state index >= 15 is 0 Å². The Morgan fingerprint density at radius 3 is 2.61 bits per heavy atom. The smallest absolute Gasteiger partial charge is 0.195 e. The summed E-state index contributed by atoms with van der Waals surface area (Å²) in [6, 6.07) is 11.9. The van der Waals surface area contributed by atoms with Gasteiger partial charge in [0.1, 0.15) is 5.75 Å².